The van der Waals surface area contributed by atoms with Crippen LogP contribution in [0, 0.1) is 5.92 Å². The second-order valence-corrected chi connectivity index (χ2v) is 6.93. The second-order valence-electron chi connectivity index (χ2n) is 6.93. The van der Waals surface area contributed by atoms with Gasteiger partial charge in [0.05, 0.1) is 6.54 Å². The topological polar surface area (TPSA) is 81.7 Å². The summed E-state index contributed by atoms with van der Waals surface area (Å²) in [5, 5.41) is 14.5. The number of rotatable bonds is 7. The van der Waals surface area contributed by atoms with E-state index in [2.05, 4.69) is 10.6 Å². The highest BCUT2D eigenvalue weighted by Gasteiger charge is 2.36. The molecule has 24 heavy (non-hydrogen) atoms. The van der Waals surface area contributed by atoms with Gasteiger partial charge in [0, 0.05) is 31.5 Å². The number of hydrogen-bond donors (Lipinski definition) is 3. The Bertz CT molecular complexity index is 446. The molecule has 0 unspecified atom stereocenters. The average molecular weight is 347 g/mol. The molecule has 0 radical (unpaired) electrons. The van der Waals surface area contributed by atoms with Crippen molar-refractivity contribution >= 4 is 12.0 Å². The Morgan fingerprint density at radius 2 is 1.88 bits per heavy atom. The Hall–Kier alpha value is -1.44. The van der Waals surface area contributed by atoms with Crippen molar-refractivity contribution in [1.29, 1.82) is 0 Å². The molecule has 0 spiro atoms. The predicted molar refractivity (Wildman–Crippen MR) is 85.1 cm³/mol. The van der Waals surface area contributed by atoms with Crippen molar-refractivity contribution in [2.75, 3.05) is 19.6 Å². The molecule has 0 aliphatic heterocycles. The Morgan fingerprint density at radius 3 is 2.42 bits per heavy atom. The van der Waals surface area contributed by atoms with Crippen LogP contribution >= 0.6 is 0 Å². The van der Waals surface area contributed by atoms with Crippen molar-refractivity contribution < 1.29 is 23.5 Å². The number of carboxylic acids is 1. The van der Waals surface area contributed by atoms with Gasteiger partial charge in [0.15, 0.2) is 0 Å². The fourth-order valence-electron chi connectivity index (χ4n) is 3.45. The number of carboxylic acid groups (broad SMARTS) is 1. The molecule has 2 rings (SSSR count). The minimum Gasteiger partial charge on any atom is -0.480 e. The highest BCUT2D eigenvalue weighted by molar-refractivity contribution is 5.74. The fraction of sp³-hybridized carbons (Fsp3) is 0.875. The number of halogens is 2. The lowest BCUT2D eigenvalue weighted by molar-refractivity contribution is -0.139. The number of amides is 2. The van der Waals surface area contributed by atoms with E-state index in [1.807, 2.05) is 11.8 Å². The summed E-state index contributed by atoms with van der Waals surface area (Å²) in [6.07, 6.45) is 2.18. The molecule has 2 aliphatic carbocycles. The summed E-state index contributed by atoms with van der Waals surface area (Å²) in [6.45, 7) is 3.04. The van der Waals surface area contributed by atoms with Gasteiger partial charge in [-0.1, -0.05) is 6.92 Å². The molecule has 6 nitrogen and oxygen atoms in total. The molecule has 8 heteroatoms. The van der Waals surface area contributed by atoms with E-state index in [-0.39, 0.29) is 43.4 Å². The average Bonchev–Trinajstić information content (AvgIpc) is 2.47. The number of nitrogens with zero attached hydrogens (tertiary/aromatic N) is 1. The van der Waals surface area contributed by atoms with Crippen LogP contribution in [-0.2, 0) is 4.79 Å². The van der Waals surface area contributed by atoms with Crippen LogP contribution in [-0.4, -0.2) is 59.6 Å². The normalized spacial score (nSPS) is 26.7. The van der Waals surface area contributed by atoms with E-state index < -0.39 is 11.9 Å². The number of carbonyl (C=O) groups excluding carboxylic acids is 1. The van der Waals surface area contributed by atoms with Crippen LogP contribution in [0.3, 0.4) is 0 Å². The third-order valence-corrected chi connectivity index (χ3v) is 5.10. The van der Waals surface area contributed by atoms with Gasteiger partial charge in [0.2, 0.25) is 5.92 Å². The first-order valence-corrected chi connectivity index (χ1v) is 8.67. The molecule has 0 atom stereocenters. The molecule has 138 valence electrons. The quantitative estimate of drug-likeness (QED) is 0.658. The molecule has 0 aromatic rings. The number of alkyl halides is 2. The van der Waals surface area contributed by atoms with Crippen LogP contribution in [0.4, 0.5) is 13.6 Å². The Kier molecular flexibility index (Phi) is 6.37. The Morgan fingerprint density at radius 1 is 1.25 bits per heavy atom. The smallest absolute Gasteiger partial charge is 0.317 e. The third-order valence-electron chi connectivity index (χ3n) is 5.10. The van der Waals surface area contributed by atoms with E-state index in [0.717, 1.165) is 12.8 Å². The second kappa shape index (κ2) is 8.09. The van der Waals surface area contributed by atoms with Gasteiger partial charge in [-0.15, -0.1) is 0 Å². The van der Waals surface area contributed by atoms with Crippen molar-refractivity contribution in [3.63, 3.8) is 0 Å². The molecule has 2 saturated carbocycles. The highest BCUT2D eigenvalue weighted by Crippen LogP contribution is 2.35. The minimum absolute atomic E-state index is 0.0202. The molecule has 2 fully saturated rings. The zero-order valence-electron chi connectivity index (χ0n) is 14.1. The molecule has 0 heterocycles. The molecule has 0 bridgehead atoms. The van der Waals surface area contributed by atoms with E-state index in [1.54, 1.807) is 0 Å². The first-order valence-electron chi connectivity index (χ1n) is 8.67. The monoisotopic (exact) mass is 347 g/mol. The van der Waals surface area contributed by atoms with Crippen molar-refractivity contribution in [2.24, 2.45) is 5.92 Å². The largest absolute Gasteiger partial charge is 0.480 e. The van der Waals surface area contributed by atoms with Crippen LogP contribution in [0.15, 0.2) is 0 Å². The summed E-state index contributed by atoms with van der Waals surface area (Å²) in [6, 6.07) is -0.0254. The summed E-state index contributed by atoms with van der Waals surface area (Å²) in [4.78, 5) is 24.5. The van der Waals surface area contributed by atoms with Crippen molar-refractivity contribution in [3.8, 4) is 0 Å². The standard InChI is InChI=1S/C16H27F2N3O3/c1-2-21(10-14(22)23)13-7-12(8-13)20-15(24)19-9-11-3-5-16(17,18)6-4-11/h11-13H,2-10H2,1H3,(H,22,23)(H2,19,20,24). The molecule has 0 aromatic heterocycles. The van der Waals surface area contributed by atoms with Gasteiger partial charge in [0.1, 0.15) is 0 Å². The maximum absolute atomic E-state index is 13.1. The zero-order chi connectivity index (χ0) is 17.7. The number of urea groups is 1. The van der Waals surface area contributed by atoms with Gasteiger partial charge >= 0.3 is 12.0 Å². The molecular formula is C16H27F2N3O3. The molecule has 0 aromatic carbocycles. The number of aliphatic carboxylic acids is 1. The highest BCUT2D eigenvalue weighted by atomic mass is 19.3. The molecule has 2 amide bonds. The lowest BCUT2D eigenvalue weighted by Gasteiger charge is -2.42. The first kappa shape index (κ1) is 18.9. The van der Waals surface area contributed by atoms with Crippen LogP contribution in [0.1, 0.15) is 45.4 Å². The molecule has 3 N–H and O–H groups in total. The lowest BCUT2D eigenvalue weighted by Crippen LogP contribution is -2.56. The SMILES string of the molecule is CCN(CC(=O)O)C1CC(NC(=O)NCC2CCC(F)(F)CC2)C1. The zero-order valence-corrected chi connectivity index (χ0v) is 14.1. The van der Waals surface area contributed by atoms with E-state index in [1.165, 1.54) is 0 Å². The molecule has 0 saturated heterocycles. The van der Waals surface area contributed by atoms with E-state index in [9.17, 15) is 18.4 Å². The number of carbonyl (C=O) groups is 2. The summed E-state index contributed by atoms with van der Waals surface area (Å²) < 4.78 is 26.1. The van der Waals surface area contributed by atoms with Gasteiger partial charge < -0.3 is 15.7 Å². The Balaban J connectivity index is 1.60. The summed E-state index contributed by atoms with van der Waals surface area (Å²) in [5.41, 5.74) is 0. The van der Waals surface area contributed by atoms with Crippen LogP contribution in [0.5, 0.6) is 0 Å². The first-order chi connectivity index (χ1) is 11.3. The summed E-state index contributed by atoms with van der Waals surface area (Å²) >= 11 is 0. The van der Waals surface area contributed by atoms with Crippen molar-refractivity contribution in [3.05, 3.63) is 0 Å². The van der Waals surface area contributed by atoms with Gasteiger partial charge in [-0.05, 0) is 38.1 Å². The van der Waals surface area contributed by atoms with Crippen molar-refractivity contribution in [1.82, 2.24) is 15.5 Å². The lowest BCUT2D eigenvalue weighted by atomic mass is 9.85. The molecule has 2 aliphatic rings. The van der Waals surface area contributed by atoms with Gasteiger partial charge in [0.25, 0.3) is 0 Å². The summed E-state index contributed by atoms with van der Waals surface area (Å²) in [7, 11) is 0. The van der Waals surface area contributed by atoms with E-state index in [4.69, 9.17) is 5.11 Å². The Labute approximate surface area is 141 Å². The molecular weight excluding hydrogens is 320 g/mol. The van der Waals surface area contributed by atoms with Crippen LogP contribution < -0.4 is 10.6 Å². The van der Waals surface area contributed by atoms with Crippen LogP contribution in [0.2, 0.25) is 0 Å². The maximum atomic E-state index is 13.1. The number of nitrogens with one attached hydrogen (secondary N) is 2. The van der Waals surface area contributed by atoms with Gasteiger partial charge in [-0.2, -0.15) is 0 Å². The maximum Gasteiger partial charge on any atom is 0.317 e. The summed E-state index contributed by atoms with van der Waals surface area (Å²) in [5.74, 6) is -3.26. The predicted octanol–water partition coefficient (Wildman–Crippen LogP) is 2.05. The minimum atomic E-state index is -2.54. The van der Waals surface area contributed by atoms with Crippen LogP contribution in [0.25, 0.3) is 0 Å². The number of hydrogen-bond acceptors (Lipinski definition) is 3. The van der Waals surface area contributed by atoms with Gasteiger partial charge in [-0.3, -0.25) is 9.69 Å². The number of likely N-dealkylation sites (N-methyl/N-ethyl adjacent to an activating group) is 1. The third kappa shape index (κ3) is 5.58. The van der Waals surface area contributed by atoms with E-state index >= 15 is 0 Å². The van der Waals surface area contributed by atoms with E-state index in [0.29, 0.717) is 25.9 Å². The van der Waals surface area contributed by atoms with Gasteiger partial charge in [-0.25, -0.2) is 13.6 Å². The van der Waals surface area contributed by atoms with Crippen molar-refractivity contribution in [2.45, 2.75) is 63.5 Å². The fourth-order valence-corrected chi connectivity index (χ4v) is 3.45.